The van der Waals surface area contributed by atoms with Crippen LogP contribution in [-0.2, 0) is 20.2 Å². The molecule has 0 bridgehead atoms. The summed E-state index contributed by atoms with van der Waals surface area (Å²) < 4.78 is 38.2. The first-order valence-corrected chi connectivity index (χ1v) is 12.7. The standard InChI is InChI=1S/C20H26FN2O6PS/c1-3-28-30(27,29-4-2)15-31-14-16(12-21)13-22-11-10-18(24)23(20(22)26)19(25)17-8-6-5-7-9-17/h5-11,16H,3-4,12-15H2,1-2H3. The van der Waals surface area contributed by atoms with Crippen LogP contribution in [0.2, 0.25) is 0 Å². The third-order valence-corrected chi connectivity index (χ3v) is 8.21. The largest absolute Gasteiger partial charge is 0.340 e. The van der Waals surface area contributed by atoms with Crippen LogP contribution in [0.25, 0.3) is 0 Å². The van der Waals surface area contributed by atoms with Gasteiger partial charge in [-0.05, 0) is 26.0 Å². The van der Waals surface area contributed by atoms with E-state index in [1.54, 1.807) is 32.0 Å². The molecular weight excluding hydrogens is 446 g/mol. The topological polar surface area (TPSA) is 96.6 Å². The number of alkyl halides is 1. The number of thioether (sulfide) groups is 1. The van der Waals surface area contributed by atoms with Crippen LogP contribution >= 0.6 is 19.4 Å². The minimum absolute atomic E-state index is 0.0434. The molecule has 1 atom stereocenters. The summed E-state index contributed by atoms with van der Waals surface area (Å²) in [7, 11) is -3.26. The monoisotopic (exact) mass is 472 g/mol. The van der Waals surface area contributed by atoms with Crippen LogP contribution in [0.4, 0.5) is 4.39 Å². The molecule has 1 unspecified atom stereocenters. The molecule has 0 aliphatic rings. The van der Waals surface area contributed by atoms with Gasteiger partial charge in [0.05, 0.1) is 25.4 Å². The molecule has 0 amide bonds. The van der Waals surface area contributed by atoms with E-state index in [2.05, 4.69) is 0 Å². The SMILES string of the molecule is CCOP(=O)(CSCC(CF)Cn1ccc(=O)n(C(=O)c2ccccc2)c1=O)OCC. The molecule has 0 N–H and O–H groups in total. The van der Waals surface area contributed by atoms with Gasteiger partial charge in [0, 0.05) is 36.0 Å². The van der Waals surface area contributed by atoms with Gasteiger partial charge in [-0.15, -0.1) is 11.8 Å². The zero-order valence-corrected chi connectivity index (χ0v) is 19.1. The number of halogens is 1. The smallest absolute Gasteiger partial charge is 0.308 e. The molecule has 0 radical (unpaired) electrons. The summed E-state index contributed by atoms with van der Waals surface area (Å²) in [5.41, 5.74) is -1.33. The van der Waals surface area contributed by atoms with Crippen LogP contribution < -0.4 is 11.2 Å². The van der Waals surface area contributed by atoms with Crippen LogP contribution in [0.3, 0.4) is 0 Å². The van der Waals surface area contributed by atoms with E-state index in [0.29, 0.717) is 4.57 Å². The van der Waals surface area contributed by atoms with Crippen molar-refractivity contribution in [1.82, 2.24) is 9.13 Å². The van der Waals surface area contributed by atoms with E-state index in [-0.39, 0.29) is 36.6 Å². The minimum atomic E-state index is -3.26. The highest BCUT2D eigenvalue weighted by Gasteiger charge is 2.24. The zero-order chi connectivity index (χ0) is 22.9. The molecule has 0 aliphatic heterocycles. The van der Waals surface area contributed by atoms with Gasteiger partial charge in [0.25, 0.3) is 11.5 Å². The van der Waals surface area contributed by atoms with Crippen molar-refractivity contribution in [3.63, 3.8) is 0 Å². The molecule has 170 valence electrons. The Kier molecular flexibility index (Phi) is 9.90. The Morgan fingerprint density at radius 1 is 1.13 bits per heavy atom. The van der Waals surface area contributed by atoms with Gasteiger partial charge < -0.3 is 9.05 Å². The maximum Gasteiger partial charge on any atom is 0.340 e. The molecule has 0 saturated carbocycles. The van der Waals surface area contributed by atoms with E-state index in [9.17, 15) is 23.3 Å². The predicted octanol–water partition coefficient (Wildman–Crippen LogP) is 3.24. The number of rotatable bonds is 12. The molecule has 0 aliphatic carbocycles. The number of hydrogen-bond donors (Lipinski definition) is 0. The van der Waals surface area contributed by atoms with Crippen LogP contribution in [0.5, 0.6) is 0 Å². The van der Waals surface area contributed by atoms with E-state index < -0.39 is 37.3 Å². The Morgan fingerprint density at radius 2 is 1.77 bits per heavy atom. The van der Waals surface area contributed by atoms with Crippen molar-refractivity contribution in [2.24, 2.45) is 5.92 Å². The number of hydrogen-bond acceptors (Lipinski definition) is 7. The second kappa shape index (κ2) is 12.1. The molecule has 11 heteroatoms. The summed E-state index contributed by atoms with van der Waals surface area (Å²) in [6, 6.07) is 9.06. The van der Waals surface area contributed by atoms with Crippen LogP contribution in [-0.4, -0.2) is 46.2 Å². The Morgan fingerprint density at radius 3 is 2.35 bits per heavy atom. The Bertz CT molecular complexity index is 1020. The fourth-order valence-electron chi connectivity index (χ4n) is 2.81. The van der Waals surface area contributed by atoms with Crippen molar-refractivity contribution in [2.75, 3.05) is 31.1 Å². The van der Waals surface area contributed by atoms with Gasteiger partial charge in [-0.2, -0.15) is 4.57 Å². The summed E-state index contributed by atoms with van der Waals surface area (Å²) in [4.78, 5) is 37.5. The second-order valence-electron chi connectivity index (χ2n) is 6.56. The molecule has 1 heterocycles. The molecule has 0 fully saturated rings. The van der Waals surface area contributed by atoms with Crippen molar-refractivity contribution >= 4 is 25.3 Å². The van der Waals surface area contributed by atoms with Gasteiger partial charge in [-0.25, -0.2) is 4.79 Å². The van der Waals surface area contributed by atoms with Crippen molar-refractivity contribution < 1.29 is 22.8 Å². The summed E-state index contributed by atoms with van der Waals surface area (Å²) in [5, 5.41) is 0. The third-order valence-electron chi connectivity index (χ3n) is 4.21. The lowest BCUT2D eigenvalue weighted by Crippen LogP contribution is -2.44. The Balaban J connectivity index is 2.14. The lowest BCUT2D eigenvalue weighted by atomic mass is 10.2. The van der Waals surface area contributed by atoms with Gasteiger partial charge >= 0.3 is 13.3 Å². The number of carbonyl (C=O) groups excluding carboxylic acids is 1. The molecule has 0 saturated heterocycles. The molecule has 0 spiro atoms. The van der Waals surface area contributed by atoms with E-state index in [1.165, 1.54) is 30.1 Å². The summed E-state index contributed by atoms with van der Waals surface area (Å²) in [6.45, 7) is 3.10. The maximum atomic E-state index is 13.6. The van der Waals surface area contributed by atoms with Gasteiger partial charge in [0.15, 0.2) is 0 Å². The number of nitrogens with zero attached hydrogens (tertiary/aromatic N) is 2. The van der Waals surface area contributed by atoms with Crippen LogP contribution in [0.15, 0.2) is 52.2 Å². The Labute approximate surface area is 183 Å². The number of carbonyl (C=O) groups is 1. The first-order chi connectivity index (χ1) is 14.8. The summed E-state index contributed by atoms with van der Waals surface area (Å²) in [6.07, 6.45) is 1.25. The van der Waals surface area contributed by atoms with Crippen molar-refractivity contribution in [1.29, 1.82) is 0 Å². The summed E-state index contributed by atoms with van der Waals surface area (Å²) in [5.74, 6) is -1.10. The average molecular weight is 472 g/mol. The van der Waals surface area contributed by atoms with E-state index in [1.807, 2.05) is 0 Å². The van der Waals surface area contributed by atoms with Crippen molar-refractivity contribution in [3.8, 4) is 0 Å². The highest BCUT2D eigenvalue weighted by molar-refractivity contribution is 8.04. The molecule has 31 heavy (non-hydrogen) atoms. The van der Waals surface area contributed by atoms with Crippen LogP contribution in [0, 0.1) is 5.92 Å². The Hall–Kier alpha value is -2.00. The van der Waals surface area contributed by atoms with Gasteiger partial charge in [-0.1, -0.05) is 18.2 Å². The summed E-state index contributed by atoms with van der Waals surface area (Å²) >= 11 is 1.20. The maximum absolute atomic E-state index is 13.6. The molecule has 1 aromatic heterocycles. The first-order valence-electron chi connectivity index (χ1n) is 9.79. The molecule has 2 aromatic rings. The highest BCUT2D eigenvalue weighted by atomic mass is 32.2. The molecule has 1 aromatic carbocycles. The molecular formula is C20H26FN2O6PS. The number of benzene rings is 1. The molecule has 2 rings (SSSR count). The minimum Gasteiger partial charge on any atom is -0.308 e. The van der Waals surface area contributed by atoms with Gasteiger partial charge in [0.2, 0.25) is 0 Å². The fourth-order valence-corrected chi connectivity index (χ4v) is 6.11. The average Bonchev–Trinajstić information content (AvgIpc) is 2.75. The third kappa shape index (κ3) is 7.00. The van der Waals surface area contributed by atoms with E-state index in [0.717, 1.165) is 10.6 Å². The van der Waals surface area contributed by atoms with E-state index in [4.69, 9.17) is 9.05 Å². The number of aromatic nitrogens is 2. The molecule has 8 nitrogen and oxygen atoms in total. The zero-order valence-electron chi connectivity index (χ0n) is 17.4. The quantitative estimate of drug-likeness (QED) is 0.438. The highest BCUT2D eigenvalue weighted by Crippen LogP contribution is 2.50. The first kappa shape index (κ1) is 25.3. The lowest BCUT2D eigenvalue weighted by molar-refractivity contribution is 0.0948. The van der Waals surface area contributed by atoms with Crippen molar-refractivity contribution in [2.45, 2.75) is 20.4 Å². The predicted molar refractivity (Wildman–Crippen MR) is 119 cm³/mol. The lowest BCUT2D eigenvalue weighted by Gasteiger charge is -2.19. The van der Waals surface area contributed by atoms with Crippen LogP contribution in [0.1, 0.15) is 24.2 Å². The van der Waals surface area contributed by atoms with Gasteiger partial charge in [0.1, 0.15) is 0 Å². The second-order valence-corrected chi connectivity index (χ2v) is 10.1. The van der Waals surface area contributed by atoms with Crippen molar-refractivity contribution in [3.05, 3.63) is 69.0 Å². The van der Waals surface area contributed by atoms with E-state index >= 15 is 0 Å². The van der Waals surface area contributed by atoms with Gasteiger partial charge in [-0.3, -0.25) is 23.1 Å². The fraction of sp³-hybridized carbons (Fsp3) is 0.450. The normalized spacial score (nSPS) is 12.6.